The molecule has 0 atom stereocenters. The molecule has 3 heterocycles. The van der Waals surface area contributed by atoms with Crippen LogP contribution in [0.4, 0.5) is 5.13 Å². The number of aryl methyl sites for hydroxylation is 1. The Hall–Kier alpha value is -2.38. The van der Waals surface area contributed by atoms with E-state index >= 15 is 0 Å². The van der Waals surface area contributed by atoms with Crippen molar-refractivity contribution in [2.45, 2.75) is 6.92 Å². The molecule has 1 N–H and O–H groups in total. The van der Waals surface area contributed by atoms with Crippen molar-refractivity contribution >= 4 is 33.7 Å². The zero-order chi connectivity index (χ0) is 16.5. The van der Waals surface area contributed by atoms with Crippen molar-refractivity contribution in [1.29, 1.82) is 0 Å². The Labute approximate surface area is 146 Å². The summed E-state index contributed by atoms with van der Waals surface area (Å²) in [6.07, 6.45) is 0. The van der Waals surface area contributed by atoms with Gasteiger partial charge in [0.1, 0.15) is 13.2 Å². The number of nitrogens with one attached hydrogen (secondary N) is 1. The summed E-state index contributed by atoms with van der Waals surface area (Å²) in [4.78, 5) is 18.5. The minimum Gasteiger partial charge on any atom is -0.486 e. The van der Waals surface area contributed by atoms with Crippen LogP contribution in [0.15, 0.2) is 35.7 Å². The van der Waals surface area contributed by atoms with Gasteiger partial charge in [0.2, 0.25) is 0 Å². The summed E-state index contributed by atoms with van der Waals surface area (Å²) in [6, 6.07) is 9.50. The normalized spacial score (nSPS) is 12.9. The molecule has 4 rings (SSSR count). The molecule has 24 heavy (non-hydrogen) atoms. The molecule has 1 aromatic carbocycles. The minimum atomic E-state index is -0.129. The zero-order valence-electron chi connectivity index (χ0n) is 12.9. The van der Waals surface area contributed by atoms with E-state index in [4.69, 9.17) is 9.47 Å². The molecule has 1 aliphatic heterocycles. The lowest BCUT2D eigenvalue weighted by Gasteiger charge is -2.18. The molecule has 0 fully saturated rings. The Kier molecular flexibility index (Phi) is 3.95. The molecule has 5 nitrogen and oxygen atoms in total. The lowest BCUT2D eigenvalue weighted by atomic mass is 10.1. The van der Waals surface area contributed by atoms with E-state index in [0.29, 0.717) is 23.2 Å². The van der Waals surface area contributed by atoms with Crippen LogP contribution in [0.2, 0.25) is 0 Å². The lowest BCUT2D eigenvalue weighted by molar-refractivity contribution is 0.103. The average Bonchev–Trinajstić information content (AvgIpc) is 3.23. The fraction of sp³-hybridized carbons (Fsp3) is 0.176. The predicted molar refractivity (Wildman–Crippen MR) is 95.5 cm³/mol. The third kappa shape index (κ3) is 3.00. The molecule has 0 bridgehead atoms. The number of rotatable bonds is 3. The first-order valence-corrected chi connectivity index (χ1v) is 9.12. The molecule has 1 aliphatic rings. The first-order chi connectivity index (χ1) is 11.7. The van der Waals surface area contributed by atoms with Crippen LogP contribution in [0.25, 0.3) is 11.3 Å². The summed E-state index contributed by atoms with van der Waals surface area (Å²) in [6.45, 7) is 3.10. The first-order valence-electron chi connectivity index (χ1n) is 7.42. The van der Waals surface area contributed by atoms with Crippen molar-refractivity contribution < 1.29 is 14.3 Å². The maximum absolute atomic E-state index is 12.2. The van der Waals surface area contributed by atoms with Crippen LogP contribution in [0.3, 0.4) is 0 Å². The SMILES string of the molecule is Cc1ccc(C(=O)Nc2nc(-c3ccc4c(c3)OCCO4)cs2)s1. The van der Waals surface area contributed by atoms with E-state index < -0.39 is 0 Å². The van der Waals surface area contributed by atoms with Crippen LogP contribution in [-0.4, -0.2) is 24.1 Å². The van der Waals surface area contributed by atoms with E-state index in [0.717, 1.165) is 27.6 Å². The van der Waals surface area contributed by atoms with Crippen LogP contribution in [0.5, 0.6) is 11.5 Å². The molecular weight excluding hydrogens is 344 g/mol. The summed E-state index contributed by atoms with van der Waals surface area (Å²) in [5.74, 6) is 1.35. The number of hydrogen-bond donors (Lipinski definition) is 1. The van der Waals surface area contributed by atoms with Gasteiger partial charge in [-0.25, -0.2) is 4.98 Å². The second-order valence-corrected chi connectivity index (χ2v) is 7.41. The van der Waals surface area contributed by atoms with Crippen molar-refractivity contribution in [3.8, 4) is 22.8 Å². The molecule has 122 valence electrons. The summed E-state index contributed by atoms with van der Waals surface area (Å²) in [5.41, 5.74) is 1.73. The van der Waals surface area contributed by atoms with Crippen LogP contribution >= 0.6 is 22.7 Å². The Morgan fingerprint density at radius 2 is 2.00 bits per heavy atom. The maximum Gasteiger partial charge on any atom is 0.267 e. The number of aromatic nitrogens is 1. The molecule has 2 aromatic heterocycles. The van der Waals surface area contributed by atoms with Crippen LogP contribution in [-0.2, 0) is 0 Å². The number of nitrogens with zero attached hydrogens (tertiary/aromatic N) is 1. The van der Waals surface area contributed by atoms with Crippen molar-refractivity contribution in [2.24, 2.45) is 0 Å². The number of benzene rings is 1. The standard InChI is InChI=1S/C17H14N2O3S2/c1-10-2-5-15(24-10)16(20)19-17-18-12(9-23-17)11-3-4-13-14(8-11)22-7-6-21-13/h2-5,8-9H,6-7H2,1H3,(H,18,19,20). The number of hydrogen-bond acceptors (Lipinski definition) is 6. The van der Waals surface area contributed by atoms with E-state index in [1.807, 2.05) is 42.6 Å². The zero-order valence-corrected chi connectivity index (χ0v) is 14.5. The fourth-order valence-corrected chi connectivity index (χ4v) is 3.86. The molecule has 0 aliphatic carbocycles. The van der Waals surface area contributed by atoms with E-state index in [1.54, 1.807) is 0 Å². The van der Waals surface area contributed by atoms with Gasteiger partial charge in [0, 0.05) is 15.8 Å². The number of fused-ring (bicyclic) bond motifs is 1. The molecule has 0 saturated carbocycles. The van der Waals surface area contributed by atoms with E-state index in [2.05, 4.69) is 10.3 Å². The van der Waals surface area contributed by atoms with Gasteiger partial charge in [0.05, 0.1) is 10.6 Å². The Balaban J connectivity index is 1.53. The molecule has 0 saturated heterocycles. The van der Waals surface area contributed by atoms with Crippen molar-refractivity contribution in [2.75, 3.05) is 18.5 Å². The number of ether oxygens (including phenoxy) is 2. The van der Waals surface area contributed by atoms with Crippen molar-refractivity contribution in [3.63, 3.8) is 0 Å². The molecule has 7 heteroatoms. The fourth-order valence-electron chi connectivity index (χ4n) is 2.38. The van der Waals surface area contributed by atoms with E-state index in [1.165, 1.54) is 22.7 Å². The molecule has 0 spiro atoms. The summed E-state index contributed by atoms with van der Waals surface area (Å²) in [5, 5.41) is 5.34. The molecular formula is C17H14N2O3S2. The van der Waals surface area contributed by atoms with Crippen LogP contribution < -0.4 is 14.8 Å². The Morgan fingerprint density at radius 3 is 2.79 bits per heavy atom. The van der Waals surface area contributed by atoms with Gasteiger partial charge >= 0.3 is 0 Å². The summed E-state index contributed by atoms with van der Waals surface area (Å²) < 4.78 is 11.1. The molecule has 0 radical (unpaired) electrons. The van der Waals surface area contributed by atoms with Gasteiger partial charge in [-0.3, -0.25) is 10.1 Å². The molecule has 3 aromatic rings. The minimum absolute atomic E-state index is 0.129. The largest absolute Gasteiger partial charge is 0.486 e. The maximum atomic E-state index is 12.2. The van der Waals surface area contributed by atoms with Crippen LogP contribution in [0, 0.1) is 6.92 Å². The second-order valence-electron chi connectivity index (χ2n) is 5.26. The number of carbonyl (C=O) groups excluding carboxylic acids is 1. The monoisotopic (exact) mass is 358 g/mol. The van der Waals surface area contributed by atoms with Gasteiger partial charge in [-0.05, 0) is 37.3 Å². The van der Waals surface area contributed by atoms with Gasteiger partial charge in [0.25, 0.3) is 5.91 Å². The number of anilines is 1. The van der Waals surface area contributed by atoms with Gasteiger partial charge in [-0.15, -0.1) is 22.7 Å². The average molecular weight is 358 g/mol. The Morgan fingerprint density at radius 1 is 1.17 bits per heavy atom. The highest BCUT2D eigenvalue weighted by molar-refractivity contribution is 7.15. The third-order valence-corrected chi connectivity index (χ3v) is 5.28. The topological polar surface area (TPSA) is 60.5 Å². The van der Waals surface area contributed by atoms with Gasteiger partial charge in [-0.2, -0.15) is 0 Å². The highest BCUT2D eigenvalue weighted by Crippen LogP contribution is 2.35. The predicted octanol–water partition coefficient (Wildman–Crippen LogP) is 4.20. The third-order valence-electron chi connectivity index (χ3n) is 3.53. The van der Waals surface area contributed by atoms with Crippen molar-refractivity contribution in [3.05, 3.63) is 45.5 Å². The van der Waals surface area contributed by atoms with Gasteiger partial charge in [0.15, 0.2) is 16.6 Å². The number of thiophene rings is 1. The van der Waals surface area contributed by atoms with E-state index in [9.17, 15) is 4.79 Å². The summed E-state index contributed by atoms with van der Waals surface area (Å²) >= 11 is 2.87. The number of amides is 1. The molecule has 1 amide bonds. The lowest BCUT2D eigenvalue weighted by Crippen LogP contribution is -2.15. The quantitative estimate of drug-likeness (QED) is 0.762. The van der Waals surface area contributed by atoms with Gasteiger partial charge < -0.3 is 9.47 Å². The van der Waals surface area contributed by atoms with E-state index in [-0.39, 0.29) is 5.91 Å². The number of thiazole rings is 1. The Bertz CT molecular complexity index is 901. The highest BCUT2D eigenvalue weighted by Gasteiger charge is 2.15. The number of carbonyl (C=O) groups is 1. The summed E-state index contributed by atoms with van der Waals surface area (Å²) in [7, 11) is 0. The molecule has 0 unspecified atom stereocenters. The smallest absolute Gasteiger partial charge is 0.267 e. The van der Waals surface area contributed by atoms with Gasteiger partial charge in [-0.1, -0.05) is 0 Å². The van der Waals surface area contributed by atoms with Crippen LogP contribution in [0.1, 0.15) is 14.5 Å². The van der Waals surface area contributed by atoms with Crippen molar-refractivity contribution in [1.82, 2.24) is 4.98 Å². The first kappa shape index (κ1) is 15.2. The second kappa shape index (κ2) is 6.26. The highest BCUT2D eigenvalue weighted by atomic mass is 32.1.